The summed E-state index contributed by atoms with van der Waals surface area (Å²) in [5.74, 6) is 1.87. The van der Waals surface area contributed by atoms with Gasteiger partial charge >= 0.3 is 0 Å². The number of quaternary nitrogens is 2. The largest absolute Gasteiger partial charge is 1.00 e. The lowest BCUT2D eigenvalue weighted by Crippen LogP contribution is -3.00. The molecule has 4 N–H and O–H groups in total. The van der Waals surface area contributed by atoms with Crippen LogP contribution in [0.1, 0.15) is 75.3 Å². The molecule has 2 aromatic rings. The maximum Gasteiger partial charge on any atom is 0.118 e. The van der Waals surface area contributed by atoms with E-state index in [1.54, 1.807) is 25.4 Å². The van der Waals surface area contributed by atoms with E-state index >= 15 is 0 Å². The van der Waals surface area contributed by atoms with Gasteiger partial charge in [-0.2, -0.15) is 0 Å². The molecule has 0 fully saturated rings. The SMILES string of the molecule is COc1ccc(C[NH2+]CCC2=CCCCC2)cc1.COc1ccc(C[NH2+]CCC2=CCCCC2)cc1.[Br-].[Br-]. The summed E-state index contributed by atoms with van der Waals surface area (Å²) in [6.45, 7) is 4.55. The van der Waals surface area contributed by atoms with Gasteiger partial charge in [0.2, 0.25) is 0 Å². The van der Waals surface area contributed by atoms with Gasteiger partial charge in [-0.1, -0.05) is 23.3 Å². The van der Waals surface area contributed by atoms with Crippen LogP contribution in [0.4, 0.5) is 0 Å². The fourth-order valence-electron chi connectivity index (χ4n) is 4.90. The Labute approximate surface area is 252 Å². The summed E-state index contributed by atoms with van der Waals surface area (Å²) in [5, 5.41) is 4.80. The molecular weight excluding hydrogens is 604 g/mol. The lowest BCUT2D eigenvalue weighted by molar-refractivity contribution is -0.670. The van der Waals surface area contributed by atoms with Crippen LogP contribution in [0.3, 0.4) is 0 Å². The summed E-state index contributed by atoms with van der Waals surface area (Å²) >= 11 is 0. The third-order valence-electron chi connectivity index (χ3n) is 7.19. The average Bonchev–Trinajstić information content (AvgIpc) is 2.95. The van der Waals surface area contributed by atoms with Gasteiger partial charge in [0.15, 0.2) is 0 Å². The predicted molar refractivity (Wildman–Crippen MR) is 149 cm³/mol. The van der Waals surface area contributed by atoms with Crippen molar-refractivity contribution in [2.75, 3.05) is 27.3 Å². The highest BCUT2D eigenvalue weighted by Gasteiger charge is 2.05. The van der Waals surface area contributed by atoms with E-state index in [4.69, 9.17) is 9.47 Å². The minimum absolute atomic E-state index is 0. The molecule has 0 amide bonds. The second-order valence-electron chi connectivity index (χ2n) is 9.98. The fraction of sp³-hybridized carbons (Fsp3) is 0.500. The quantitative estimate of drug-likeness (QED) is 0.236. The smallest absolute Gasteiger partial charge is 0.118 e. The van der Waals surface area contributed by atoms with E-state index in [9.17, 15) is 0 Å². The van der Waals surface area contributed by atoms with E-state index < -0.39 is 0 Å². The van der Waals surface area contributed by atoms with Crippen molar-refractivity contribution in [1.82, 2.24) is 0 Å². The minimum atomic E-state index is 0. The van der Waals surface area contributed by atoms with Gasteiger partial charge in [0.25, 0.3) is 0 Å². The van der Waals surface area contributed by atoms with Gasteiger partial charge in [0.05, 0.1) is 27.3 Å². The van der Waals surface area contributed by atoms with Gasteiger partial charge in [-0.3, -0.25) is 0 Å². The van der Waals surface area contributed by atoms with Gasteiger partial charge in [-0.05, 0) is 99.9 Å². The zero-order chi connectivity index (χ0) is 25.3. The second-order valence-corrected chi connectivity index (χ2v) is 9.98. The van der Waals surface area contributed by atoms with E-state index in [1.165, 1.54) is 88.4 Å². The number of rotatable bonds is 12. The number of allylic oxidation sites excluding steroid dienone is 2. The van der Waals surface area contributed by atoms with Crippen molar-refractivity contribution in [3.63, 3.8) is 0 Å². The van der Waals surface area contributed by atoms with Crippen LogP contribution in [0.25, 0.3) is 0 Å². The molecule has 2 aromatic carbocycles. The van der Waals surface area contributed by atoms with Gasteiger partial charge in [-0.25, -0.2) is 0 Å². The van der Waals surface area contributed by atoms with Gasteiger partial charge in [0, 0.05) is 24.0 Å². The van der Waals surface area contributed by atoms with Crippen LogP contribution in [-0.4, -0.2) is 27.3 Å². The molecule has 0 unspecified atom stereocenters. The summed E-state index contributed by atoms with van der Waals surface area (Å²) in [4.78, 5) is 0. The Hall–Kier alpha value is -1.60. The molecule has 0 aliphatic heterocycles. The Morgan fingerprint density at radius 2 is 0.974 bits per heavy atom. The number of ether oxygens (including phenoxy) is 2. The Morgan fingerprint density at radius 3 is 1.29 bits per heavy atom. The number of hydrogen-bond donors (Lipinski definition) is 2. The molecule has 0 heterocycles. The molecule has 4 rings (SSSR count). The third kappa shape index (κ3) is 14.0. The lowest BCUT2D eigenvalue weighted by Gasteiger charge is -2.11. The van der Waals surface area contributed by atoms with Crippen LogP contribution >= 0.6 is 0 Å². The highest BCUT2D eigenvalue weighted by atomic mass is 79.9. The first-order valence-electron chi connectivity index (χ1n) is 14.0. The zero-order valence-corrected chi connectivity index (χ0v) is 26.6. The van der Waals surface area contributed by atoms with Crippen molar-refractivity contribution in [3.8, 4) is 11.5 Å². The zero-order valence-electron chi connectivity index (χ0n) is 23.4. The minimum Gasteiger partial charge on any atom is -1.00 e. The number of benzene rings is 2. The molecule has 0 atom stereocenters. The van der Waals surface area contributed by atoms with Crippen molar-refractivity contribution in [2.24, 2.45) is 0 Å². The van der Waals surface area contributed by atoms with Gasteiger partial charge in [0.1, 0.15) is 24.6 Å². The van der Waals surface area contributed by atoms with E-state index in [1.807, 2.05) is 24.3 Å². The molecule has 2 aliphatic rings. The fourth-order valence-corrected chi connectivity index (χ4v) is 4.90. The molecule has 212 valence electrons. The molecule has 0 bridgehead atoms. The second kappa shape index (κ2) is 21.2. The number of methoxy groups -OCH3 is 2. The predicted octanol–water partition coefficient (Wildman–Crippen LogP) is -0.694. The highest BCUT2D eigenvalue weighted by molar-refractivity contribution is 5.27. The summed E-state index contributed by atoms with van der Waals surface area (Å²) in [6, 6.07) is 16.7. The monoisotopic (exact) mass is 650 g/mol. The van der Waals surface area contributed by atoms with Crippen LogP contribution in [-0.2, 0) is 13.1 Å². The standard InChI is InChI=1S/2C16H23NO.2BrH/c2*1-18-16-9-7-15(8-10-16)13-17-12-11-14-5-3-2-4-6-14;;/h2*5,7-10,17H,2-4,6,11-13H2,1H3;2*1H. The molecule has 0 spiro atoms. The third-order valence-corrected chi connectivity index (χ3v) is 7.19. The topological polar surface area (TPSA) is 51.7 Å². The van der Waals surface area contributed by atoms with Gasteiger partial charge in [-0.15, -0.1) is 0 Å². The average molecular weight is 653 g/mol. The lowest BCUT2D eigenvalue weighted by atomic mass is 9.97. The maximum absolute atomic E-state index is 5.16. The molecule has 38 heavy (non-hydrogen) atoms. The van der Waals surface area contributed by atoms with Crippen molar-refractivity contribution >= 4 is 0 Å². The van der Waals surface area contributed by atoms with E-state index in [0.717, 1.165) is 24.6 Å². The van der Waals surface area contributed by atoms with Crippen LogP contribution in [0.15, 0.2) is 71.8 Å². The van der Waals surface area contributed by atoms with E-state index in [2.05, 4.69) is 47.1 Å². The van der Waals surface area contributed by atoms with Crippen LogP contribution in [0, 0.1) is 0 Å². The number of halogens is 2. The summed E-state index contributed by atoms with van der Waals surface area (Å²) < 4.78 is 10.3. The number of nitrogens with two attached hydrogens (primary N) is 2. The maximum atomic E-state index is 5.16. The normalized spacial score (nSPS) is 14.5. The highest BCUT2D eigenvalue weighted by Crippen LogP contribution is 2.20. The summed E-state index contributed by atoms with van der Waals surface area (Å²) in [6.07, 6.45) is 18.2. The summed E-state index contributed by atoms with van der Waals surface area (Å²) in [5.41, 5.74) is 6.08. The molecule has 6 heteroatoms. The Balaban J connectivity index is 0.000000361. The first-order valence-corrected chi connectivity index (χ1v) is 14.0. The van der Waals surface area contributed by atoms with Crippen molar-refractivity contribution < 1.29 is 54.1 Å². The molecule has 2 aliphatic carbocycles. The Bertz CT molecular complexity index is 850. The molecule has 0 radical (unpaired) electrons. The molecule has 0 saturated carbocycles. The Kier molecular flexibility index (Phi) is 19.3. The van der Waals surface area contributed by atoms with E-state index in [0.29, 0.717) is 0 Å². The first kappa shape index (κ1) is 34.4. The molecule has 0 aromatic heterocycles. The first-order chi connectivity index (χ1) is 17.8. The van der Waals surface area contributed by atoms with Crippen LogP contribution in [0.2, 0.25) is 0 Å². The Morgan fingerprint density at radius 1 is 0.579 bits per heavy atom. The van der Waals surface area contributed by atoms with Crippen molar-refractivity contribution in [3.05, 3.63) is 83.0 Å². The van der Waals surface area contributed by atoms with Crippen molar-refractivity contribution in [2.45, 2.75) is 77.3 Å². The van der Waals surface area contributed by atoms with Crippen molar-refractivity contribution in [1.29, 1.82) is 0 Å². The molecule has 4 nitrogen and oxygen atoms in total. The van der Waals surface area contributed by atoms with Crippen LogP contribution in [0.5, 0.6) is 11.5 Å². The number of hydrogen-bond acceptors (Lipinski definition) is 2. The van der Waals surface area contributed by atoms with Gasteiger partial charge < -0.3 is 54.1 Å². The molecular formula is C32H48Br2N2O2. The molecule has 0 saturated heterocycles. The summed E-state index contributed by atoms with van der Waals surface area (Å²) in [7, 11) is 3.41. The van der Waals surface area contributed by atoms with E-state index in [-0.39, 0.29) is 34.0 Å². The van der Waals surface area contributed by atoms with Crippen LogP contribution < -0.4 is 54.1 Å².